The molecule has 0 aliphatic carbocycles. The number of carbonyl (C=O) groups is 1. The van der Waals surface area contributed by atoms with Crippen molar-refractivity contribution >= 4 is 11.7 Å². The van der Waals surface area contributed by atoms with Crippen LogP contribution in [0.25, 0.3) is 0 Å². The minimum atomic E-state index is -1.15. The van der Waals surface area contributed by atoms with Crippen molar-refractivity contribution in [2.24, 2.45) is 0 Å². The lowest BCUT2D eigenvalue weighted by atomic mass is 10.1. The monoisotopic (exact) mass is 260 g/mol. The summed E-state index contributed by atoms with van der Waals surface area (Å²) >= 11 is 0. The number of anilines is 1. The van der Waals surface area contributed by atoms with Crippen molar-refractivity contribution in [1.82, 2.24) is 4.98 Å². The smallest absolute Gasteiger partial charge is 0.337 e. The number of aromatic nitrogens is 1. The summed E-state index contributed by atoms with van der Waals surface area (Å²) in [7, 11) is 0. The topological polar surface area (TPSA) is 62.2 Å². The first-order valence-corrected chi connectivity index (χ1v) is 5.83. The van der Waals surface area contributed by atoms with Crippen molar-refractivity contribution in [3.8, 4) is 0 Å². The van der Waals surface area contributed by atoms with Gasteiger partial charge in [0.25, 0.3) is 0 Å². The van der Waals surface area contributed by atoms with Crippen LogP contribution in [0.3, 0.4) is 0 Å². The van der Waals surface area contributed by atoms with Gasteiger partial charge in [0.1, 0.15) is 5.82 Å². The van der Waals surface area contributed by atoms with E-state index in [1.807, 2.05) is 18.2 Å². The number of hydrogen-bond donors (Lipinski definition) is 2. The molecule has 2 rings (SSSR count). The molecule has 19 heavy (non-hydrogen) atoms. The molecule has 1 aromatic carbocycles. The molecule has 5 heteroatoms. The number of pyridine rings is 1. The molecule has 0 radical (unpaired) electrons. The quantitative estimate of drug-likeness (QED) is 0.867. The van der Waals surface area contributed by atoms with E-state index < -0.39 is 11.8 Å². The van der Waals surface area contributed by atoms with Gasteiger partial charge in [0.2, 0.25) is 0 Å². The van der Waals surface area contributed by atoms with Crippen LogP contribution in [0.2, 0.25) is 0 Å². The average molecular weight is 260 g/mol. The lowest BCUT2D eigenvalue weighted by Crippen LogP contribution is -2.10. The molecule has 0 aliphatic heterocycles. The third-order valence-electron chi connectivity index (χ3n) is 2.63. The largest absolute Gasteiger partial charge is 0.478 e. The summed E-state index contributed by atoms with van der Waals surface area (Å²) in [5.74, 6) is -1.72. The van der Waals surface area contributed by atoms with E-state index in [1.54, 1.807) is 6.20 Å². The lowest BCUT2D eigenvalue weighted by Gasteiger charge is -2.09. The summed E-state index contributed by atoms with van der Waals surface area (Å²) in [5.41, 5.74) is 1.25. The van der Waals surface area contributed by atoms with E-state index in [0.29, 0.717) is 18.7 Å². The van der Waals surface area contributed by atoms with Crippen molar-refractivity contribution in [2.75, 3.05) is 11.9 Å². The highest BCUT2D eigenvalue weighted by Crippen LogP contribution is 2.17. The van der Waals surface area contributed by atoms with Gasteiger partial charge in [0, 0.05) is 30.5 Å². The summed E-state index contributed by atoms with van der Waals surface area (Å²) in [6.45, 7) is 0.531. The van der Waals surface area contributed by atoms with Crippen molar-refractivity contribution in [1.29, 1.82) is 0 Å². The van der Waals surface area contributed by atoms with Crippen LogP contribution in [-0.2, 0) is 6.42 Å². The number of rotatable bonds is 5. The fourth-order valence-electron chi connectivity index (χ4n) is 1.72. The van der Waals surface area contributed by atoms with Gasteiger partial charge in [-0.05, 0) is 30.3 Å². The van der Waals surface area contributed by atoms with Crippen LogP contribution in [0, 0.1) is 5.82 Å². The molecule has 0 aliphatic rings. The molecular weight excluding hydrogens is 247 g/mol. The zero-order valence-corrected chi connectivity index (χ0v) is 10.1. The maximum absolute atomic E-state index is 13.0. The Balaban J connectivity index is 2.02. The number of carboxylic acid groups (broad SMARTS) is 1. The molecular formula is C14H13FN2O2. The molecule has 0 spiro atoms. The Morgan fingerprint density at radius 1 is 1.32 bits per heavy atom. The molecule has 0 atom stereocenters. The zero-order chi connectivity index (χ0) is 13.7. The summed E-state index contributed by atoms with van der Waals surface area (Å²) in [6, 6.07) is 9.28. The van der Waals surface area contributed by atoms with E-state index in [9.17, 15) is 9.18 Å². The molecule has 0 amide bonds. The third-order valence-corrected chi connectivity index (χ3v) is 2.63. The predicted molar refractivity (Wildman–Crippen MR) is 69.8 cm³/mol. The van der Waals surface area contributed by atoms with Gasteiger partial charge < -0.3 is 10.4 Å². The molecule has 2 aromatic rings. The Morgan fingerprint density at radius 2 is 2.16 bits per heavy atom. The molecule has 2 N–H and O–H groups in total. The Hall–Kier alpha value is -2.43. The lowest BCUT2D eigenvalue weighted by molar-refractivity contribution is 0.0697. The van der Waals surface area contributed by atoms with Crippen molar-refractivity contribution in [3.05, 3.63) is 59.7 Å². The Bertz CT molecular complexity index is 573. The van der Waals surface area contributed by atoms with Gasteiger partial charge in [-0.25, -0.2) is 9.18 Å². The van der Waals surface area contributed by atoms with Gasteiger partial charge in [-0.2, -0.15) is 0 Å². The molecule has 98 valence electrons. The number of hydrogen-bond acceptors (Lipinski definition) is 3. The first-order chi connectivity index (χ1) is 9.16. The minimum Gasteiger partial charge on any atom is -0.478 e. The van der Waals surface area contributed by atoms with Crippen LogP contribution >= 0.6 is 0 Å². The van der Waals surface area contributed by atoms with Crippen molar-refractivity contribution in [2.45, 2.75) is 6.42 Å². The number of carboxylic acids is 1. The van der Waals surface area contributed by atoms with Gasteiger partial charge in [-0.1, -0.05) is 6.07 Å². The molecule has 0 unspecified atom stereocenters. The van der Waals surface area contributed by atoms with E-state index in [-0.39, 0.29) is 5.56 Å². The van der Waals surface area contributed by atoms with Gasteiger partial charge in [-0.15, -0.1) is 0 Å². The fraction of sp³-hybridized carbons (Fsp3) is 0.143. The van der Waals surface area contributed by atoms with Crippen LogP contribution in [0.15, 0.2) is 42.6 Å². The number of benzene rings is 1. The van der Waals surface area contributed by atoms with Crippen LogP contribution < -0.4 is 5.32 Å². The second-order valence-corrected chi connectivity index (χ2v) is 3.99. The highest BCUT2D eigenvalue weighted by atomic mass is 19.1. The maximum Gasteiger partial charge on any atom is 0.337 e. The highest BCUT2D eigenvalue weighted by molar-refractivity contribution is 5.94. The zero-order valence-electron chi connectivity index (χ0n) is 10.1. The van der Waals surface area contributed by atoms with E-state index in [2.05, 4.69) is 10.3 Å². The molecule has 1 aromatic heterocycles. The maximum atomic E-state index is 13.0. The van der Waals surface area contributed by atoms with E-state index in [1.165, 1.54) is 12.1 Å². The summed E-state index contributed by atoms with van der Waals surface area (Å²) < 4.78 is 13.0. The first-order valence-electron chi connectivity index (χ1n) is 5.83. The normalized spacial score (nSPS) is 10.2. The number of nitrogens with one attached hydrogen (secondary N) is 1. The molecule has 4 nitrogen and oxygen atoms in total. The van der Waals surface area contributed by atoms with Crippen LogP contribution in [-0.4, -0.2) is 22.6 Å². The van der Waals surface area contributed by atoms with Gasteiger partial charge >= 0.3 is 5.97 Å². The van der Waals surface area contributed by atoms with Gasteiger partial charge in [-0.3, -0.25) is 4.98 Å². The Kier molecular flexibility index (Phi) is 4.07. The number of aromatic carboxylic acids is 1. The van der Waals surface area contributed by atoms with E-state index >= 15 is 0 Å². The third kappa shape index (κ3) is 3.51. The summed E-state index contributed by atoms with van der Waals surface area (Å²) in [5, 5.41) is 12.0. The SMILES string of the molecule is O=C(O)c1cc(F)ccc1NCCc1ccccn1. The van der Waals surface area contributed by atoms with Crippen molar-refractivity contribution in [3.63, 3.8) is 0 Å². The van der Waals surface area contributed by atoms with E-state index in [0.717, 1.165) is 11.8 Å². The summed E-state index contributed by atoms with van der Waals surface area (Å²) in [6.07, 6.45) is 2.37. The highest BCUT2D eigenvalue weighted by Gasteiger charge is 2.10. The summed E-state index contributed by atoms with van der Waals surface area (Å²) in [4.78, 5) is 15.2. The van der Waals surface area contributed by atoms with Gasteiger partial charge in [0.15, 0.2) is 0 Å². The molecule has 0 saturated carbocycles. The van der Waals surface area contributed by atoms with Gasteiger partial charge in [0.05, 0.1) is 5.56 Å². The average Bonchev–Trinajstić information content (AvgIpc) is 2.41. The first kappa shape index (κ1) is 13.0. The number of nitrogens with zero attached hydrogens (tertiary/aromatic N) is 1. The molecule has 0 bridgehead atoms. The molecule has 0 saturated heterocycles. The Morgan fingerprint density at radius 3 is 2.84 bits per heavy atom. The van der Waals surface area contributed by atoms with Crippen LogP contribution in [0.4, 0.5) is 10.1 Å². The van der Waals surface area contributed by atoms with Crippen LogP contribution in [0.1, 0.15) is 16.1 Å². The van der Waals surface area contributed by atoms with Crippen molar-refractivity contribution < 1.29 is 14.3 Å². The Labute approximate surface area is 109 Å². The second-order valence-electron chi connectivity index (χ2n) is 3.99. The molecule has 1 heterocycles. The van der Waals surface area contributed by atoms with E-state index in [4.69, 9.17) is 5.11 Å². The fourth-order valence-corrected chi connectivity index (χ4v) is 1.72. The second kappa shape index (κ2) is 5.95. The minimum absolute atomic E-state index is 0.0685. The predicted octanol–water partition coefficient (Wildman–Crippen LogP) is 2.57. The molecule has 0 fully saturated rings. The standard InChI is InChI=1S/C14H13FN2O2/c15-10-4-5-13(12(9-10)14(18)19)17-8-6-11-3-1-2-7-16-11/h1-5,7,9,17H,6,8H2,(H,18,19). The van der Waals surface area contributed by atoms with Crippen LogP contribution in [0.5, 0.6) is 0 Å². The number of halogens is 1.